The average molecular weight is 372 g/mol. The summed E-state index contributed by atoms with van der Waals surface area (Å²) in [4.78, 5) is 17.3. The van der Waals surface area contributed by atoms with Gasteiger partial charge in [-0.05, 0) is 39.2 Å². The Balaban J connectivity index is 1.92. The summed E-state index contributed by atoms with van der Waals surface area (Å²) in [7, 11) is 5.90. The van der Waals surface area contributed by atoms with Gasteiger partial charge in [0.15, 0.2) is 0 Å². The third-order valence-corrected chi connectivity index (χ3v) is 4.62. The van der Waals surface area contributed by atoms with Crippen LogP contribution in [0.3, 0.4) is 0 Å². The van der Waals surface area contributed by atoms with Crippen molar-refractivity contribution in [3.8, 4) is 5.75 Å². The first-order chi connectivity index (χ1) is 13.0. The van der Waals surface area contributed by atoms with E-state index in [0.29, 0.717) is 31.1 Å². The van der Waals surface area contributed by atoms with E-state index in [0.717, 1.165) is 12.1 Å². The number of carbonyl (C=O) groups is 1. The van der Waals surface area contributed by atoms with Crippen LogP contribution in [-0.4, -0.2) is 72.0 Å². The summed E-state index contributed by atoms with van der Waals surface area (Å²) < 4.78 is 13.4. The molecule has 0 unspecified atom stereocenters. The Hall–Kier alpha value is -2.38. The van der Waals surface area contributed by atoms with Gasteiger partial charge in [-0.1, -0.05) is 6.07 Å². The molecular formula is C20H28N4O3. The van der Waals surface area contributed by atoms with E-state index in [1.54, 1.807) is 4.68 Å². The Bertz CT molecular complexity index is 774. The normalized spacial score (nSPS) is 20.1. The van der Waals surface area contributed by atoms with Gasteiger partial charge in [0.25, 0.3) is 5.91 Å². The molecule has 1 saturated heterocycles. The Morgan fingerprint density at radius 3 is 2.89 bits per heavy atom. The molecule has 7 heteroatoms. The van der Waals surface area contributed by atoms with E-state index >= 15 is 0 Å². The molecule has 3 rings (SSSR count). The summed E-state index contributed by atoms with van der Waals surface area (Å²) in [5.74, 6) is 0.692. The molecule has 2 heterocycles. The number of morpholine rings is 1. The van der Waals surface area contributed by atoms with Crippen LogP contribution in [0, 0.1) is 0 Å². The first-order valence-corrected chi connectivity index (χ1v) is 9.28. The van der Waals surface area contributed by atoms with Crippen LogP contribution < -0.4 is 4.74 Å². The number of ether oxygens (including phenoxy) is 2. The monoisotopic (exact) mass is 372 g/mol. The van der Waals surface area contributed by atoms with Crippen molar-refractivity contribution in [2.75, 3.05) is 40.4 Å². The number of hydrogen-bond donors (Lipinski definition) is 0. The van der Waals surface area contributed by atoms with Crippen molar-refractivity contribution < 1.29 is 14.3 Å². The van der Waals surface area contributed by atoms with Crippen molar-refractivity contribution >= 4 is 5.91 Å². The minimum absolute atomic E-state index is 0.0162. The van der Waals surface area contributed by atoms with E-state index in [-0.39, 0.29) is 18.1 Å². The van der Waals surface area contributed by atoms with Crippen molar-refractivity contribution in [2.24, 2.45) is 7.05 Å². The number of aryl methyl sites for hydroxylation is 1. The molecule has 2 aromatic rings. The molecule has 0 radical (unpaired) electrons. The highest BCUT2D eigenvalue weighted by atomic mass is 16.5. The zero-order valence-corrected chi connectivity index (χ0v) is 16.5. The fourth-order valence-corrected chi connectivity index (χ4v) is 3.51. The van der Waals surface area contributed by atoms with Crippen LogP contribution in [0.1, 0.15) is 28.9 Å². The van der Waals surface area contributed by atoms with E-state index in [1.165, 1.54) is 0 Å². The molecule has 1 aromatic heterocycles. The van der Waals surface area contributed by atoms with Crippen LogP contribution in [-0.2, 0) is 11.8 Å². The summed E-state index contributed by atoms with van der Waals surface area (Å²) in [5, 5.41) is 4.30. The summed E-state index contributed by atoms with van der Waals surface area (Å²) in [6.45, 7) is 4.29. The van der Waals surface area contributed by atoms with Crippen LogP contribution in [0.5, 0.6) is 5.75 Å². The highest BCUT2D eigenvalue weighted by molar-refractivity contribution is 5.95. The summed E-state index contributed by atoms with van der Waals surface area (Å²) in [6, 6.07) is 7.18. The van der Waals surface area contributed by atoms with Gasteiger partial charge >= 0.3 is 0 Å². The molecule has 0 saturated carbocycles. The molecule has 2 atom stereocenters. The molecule has 7 nitrogen and oxygen atoms in total. The van der Waals surface area contributed by atoms with Gasteiger partial charge in [-0.25, -0.2) is 0 Å². The molecule has 0 aliphatic carbocycles. The van der Waals surface area contributed by atoms with Gasteiger partial charge in [0, 0.05) is 37.5 Å². The lowest BCUT2D eigenvalue weighted by Crippen LogP contribution is -2.51. The smallest absolute Gasteiger partial charge is 0.254 e. The lowest BCUT2D eigenvalue weighted by Gasteiger charge is -2.41. The molecule has 1 amide bonds. The summed E-state index contributed by atoms with van der Waals surface area (Å²) in [6.07, 6.45) is 3.66. The molecule has 0 bridgehead atoms. The van der Waals surface area contributed by atoms with E-state index in [2.05, 4.69) is 10.00 Å². The van der Waals surface area contributed by atoms with Crippen LogP contribution >= 0.6 is 0 Å². The number of carbonyl (C=O) groups excluding carboxylic acids is 1. The minimum atomic E-state index is -0.182. The molecule has 0 spiro atoms. The lowest BCUT2D eigenvalue weighted by atomic mass is 9.99. The second-order valence-electron chi connectivity index (χ2n) is 7.02. The highest BCUT2D eigenvalue weighted by Crippen LogP contribution is 2.31. The van der Waals surface area contributed by atoms with Crippen molar-refractivity contribution in [1.82, 2.24) is 19.6 Å². The molecule has 1 fully saturated rings. The number of likely N-dealkylation sites (N-methyl/N-ethyl adjacent to an activating group) is 1. The second-order valence-corrected chi connectivity index (χ2v) is 7.02. The molecule has 27 heavy (non-hydrogen) atoms. The SMILES string of the molecule is CCOc1cccc(C(=O)N2CCO[C@@H](CN(C)C)[C@@H]2c2cnn(C)c2)c1. The largest absolute Gasteiger partial charge is 0.494 e. The number of rotatable bonds is 6. The van der Waals surface area contributed by atoms with Crippen molar-refractivity contribution in [2.45, 2.75) is 19.1 Å². The maximum atomic E-state index is 13.4. The molecule has 1 aliphatic rings. The minimum Gasteiger partial charge on any atom is -0.494 e. The second kappa shape index (κ2) is 8.54. The van der Waals surface area contributed by atoms with Crippen LogP contribution in [0.4, 0.5) is 0 Å². The van der Waals surface area contributed by atoms with Crippen LogP contribution in [0.25, 0.3) is 0 Å². The molecule has 0 N–H and O–H groups in total. The number of hydrogen-bond acceptors (Lipinski definition) is 5. The fourth-order valence-electron chi connectivity index (χ4n) is 3.51. The van der Waals surface area contributed by atoms with Gasteiger partial charge in [-0.2, -0.15) is 5.10 Å². The first-order valence-electron chi connectivity index (χ1n) is 9.28. The third kappa shape index (κ3) is 4.48. The fraction of sp³-hybridized carbons (Fsp3) is 0.500. The Kier molecular flexibility index (Phi) is 6.13. The first kappa shape index (κ1) is 19.4. The zero-order chi connectivity index (χ0) is 19.4. The maximum absolute atomic E-state index is 13.4. The van der Waals surface area contributed by atoms with E-state index in [9.17, 15) is 4.79 Å². The predicted octanol–water partition coefficient (Wildman–Crippen LogP) is 1.96. The zero-order valence-electron chi connectivity index (χ0n) is 16.5. The molecule has 1 aromatic carbocycles. The topological polar surface area (TPSA) is 59.8 Å². The lowest BCUT2D eigenvalue weighted by molar-refractivity contribution is -0.0684. The van der Waals surface area contributed by atoms with E-state index < -0.39 is 0 Å². The molecule has 1 aliphatic heterocycles. The van der Waals surface area contributed by atoms with Gasteiger partial charge in [0.1, 0.15) is 5.75 Å². The summed E-state index contributed by atoms with van der Waals surface area (Å²) >= 11 is 0. The standard InChI is InChI=1S/C20H28N4O3/c1-5-26-17-8-6-7-15(11-17)20(25)24-9-10-27-18(14-22(2)3)19(24)16-12-21-23(4)13-16/h6-8,11-13,18-19H,5,9-10,14H2,1-4H3/t18-,19-/m0/s1. The van der Waals surface area contributed by atoms with Gasteiger partial charge < -0.3 is 19.3 Å². The number of aromatic nitrogens is 2. The highest BCUT2D eigenvalue weighted by Gasteiger charge is 2.37. The molecule has 146 valence electrons. The maximum Gasteiger partial charge on any atom is 0.254 e. The summed E-state index contributed by atoms with van der Waals surface area (Å²) in [5.41, 5.74) is 1.61. The number of amides is 1. The van der Waals surface area contributed by atoms with Crippen molar-refractivity contribution in [3.63, 3.8) is 0 Å². The van der Waals surface area contributed by atoms with Gasteiger partial charge in [0.2, 0.25) is 0 Å². The Morgan fingerprint density at radius 1 is 1.41 bits per heavy atom. The molecular weight excluding hydrogens is 344 g/mol. The van der Waals surface area contributed by atoms with E-state index in [4.69, 9.17) is 9.47 Å². The van der Waals surface area contributed by atoms with Gasteiger partial charge in [0.05, 0.1) is 31.6 Å². The third-order valence-electron chi connectivity index (χ3n) is 4.62. The van der Waals surface area contributed by atoms with Crippen molar-refractivity contribution in [3.05, 3.63) is 47.8 Å². The van der Waals surface area contributed by atoms with E-state index in [1.807, 2.05) is 69.6 Å². The Labute approximate surface area is 160 Å². The average Bonchev–Trinajstić information content (AvgIpc) is 3.07. The van der Waals surface area contributed by atoms with Crippen LogP contribution in [0.2, 0.25) is 0 Å². The van der Waals surface area contributed by atoms with Crippen LogP contribution in [0.15, 0.2) is 36.7 Å². The quantitative estimate of drug-likeness (QED) is 0.776. The Morgan fingerprint density at radius 2 is 2.22 bits per heavy atom. The van der Waals surface area contributed by atoms with Gasteiger partial charge in [-0.15, -0.1) is 0 Å². The number of benzene rings is 1. The van der Waals surface area contributed by atoms with Crippen molar-refractivity contribution in [1.29, 1.82) is 0 Å². The van der Waals surface area contributed by atoms with Gasteiger partial charge in [-0.3, -0.25) is 9.48 Å². The number of nitrogens with zero attached hydrogens (tertiary/aromatic N) is 4. The predicted molar refractivity (Wildman–Crippen MR) is 103 cm³/mol.